The summed E-state index contributed by atoms with van der Waals surface area (Å²) in [6, 6.07) is 0. The van der Waals surface area contributed by atoms with Gasteiger partial charge < -0.3 is 0 Å². The van der Waals surface area contributed by atoms with Crippen molar-refractivity contribution in [3.05, 3.63) is 0 Å². The zero-order chi connectivity index (χ0) is 4.99. The van der Waals surface area contributed by atoms with Gasteiger partial charge in [-0.15, -0.1) is 37.2 Å². The molecule has 0 aromatic carbocycles. The van der Waals surface area contributed by atoms with Crippen molar-refractivity contribution >= 4 is 43.0 Å². The van der Waals surface area contributed by atoms with Crippen molar-refractivity contribution in [1.82, 2.24) is 0 Å². The normalized spacial score (nSPS) is 5.56. The smallest absolute Gasteiger partial charge is 0.132 e. The summed E-state index contributed by atoms with van der Waals surface area (Å²) >= 11 is 0. The van der Waals surface area contributed by atoms with Crippen LogP contribution in [0.2, 0.25) is 0 Å². The maximum Gasteiger partial charge on any atom is 0.132 e. The molecule has 60 valence electrons. The number of Topliss-reactive ketones (excluding diaryl/α,β-unsaturated/α-hetero) is 1. The van der Waals surface area contributed by atoms with Gasteiger partial charge in [-0.2, -0.15) is 0 Å². The van der Waals surface area contributed by atoms with E-state index in [1.54, 1.807) is 0 Å². The lowest BCUT2D eigenvalue weighted by atomic mass is 10.3. The molecule has 0 saturated carbocycles. The van der Waals surface area contributed by atoms with Crippen molar-refractivity contribution in [2.45, 2.75) is 26.7 Å². The fourth-order valence-corrected chi connectivity index (χ4v) is 0.250. The summed E-state index contributed by atoms with van der Waals surface area (Å²) in [5.41, 5.74) is 0. The third-order valence-corrected chi connectivity index (χ3v) is 0.789. The molecule has 0 unspecified atom stereocenters. The van der Waals surface area contributed by atoms with Crippen molar-refractivity contribution in [3.8, 4) is 0 Å². The number of halogens is 3. The quantitative estimate of drug-likeness (QED) is 0.662. The second kappa shape index (κ2) is 15.8. The molecule has 4 heteroatoms. The standard InChI is InChI=1S/C5H10O.3ClH/c1-3-5(6)4-2;;;/h3-4H2,1-2H3;3*1H. The van der Waals surface area contributed by atoms with Crippen LogP contribution in [-0.4, -0.2) is 5.78 Å². The number of ketones is 1. The van der Waals surface area contributed by atoms with Gasteiger partial charge in [0.05, 0.1) is 0 Å². The van der Waals surface area contributed by atoms with E-state index in [1.165, 1.54) is 0 Å². The van der Waals surface area contributed by atoms with E-state index in [1.807, 2.05) is 13.8 Å². The van der Waals surface area contributed by atoms with Gasteiger partial charge in [-0.05, 0) is 0 Å². The molecule has 0 atom stereocenters. The van der Waals surface area contributed by atoms with Crippen molar-refractivity contribution in [2.75, 3.05) is 0 Å². The number of hydrogen-bond donors (Lipinski definition) is 0. The van der Waals surface area contributed by atoms with Crippen molar-refractivity contribution < 1.29 is 4.79 Å². The predicted octanol–water partition coefficient (Wildman–Crippen LogP) is 2.64. The minimum Gasteiger partial charge on any atom is -0.300 e. The molecule has 1 nitrogen and oxygen atoms in total. The van der Waals surface area contributed by atoms with E-state index in [0.29, 0.717) is 18.6 Å². The molecule has 0 rings (SSSR count). The van der Waals surface area contributed by atoms with E-state index in [2.05, 4.69) is 0 Å². The number of carbonyl (C=O) groups excluding carboxylic acids is 1. The minimum absolute atomic E-state index is 0. The molecule has 0 fully saturated rings. The second-order valence-electron chi connectivity index (χ2n) is 1.25. The average molecular weight is 196 g/mol. The molecule has 0 N–H and O–H groups in total. The lowest BCUT2D eigenvalue weighted by Gasteiger charge is -1.81. The third kappa shape index (κ3) is 17.7. The maximum absolute atomic E-state index is 10.2. The van der Waals surface area contributed by atoms with Crippen LogP contribution < -0.4 is 0 Å². The highest BCUT2D eigenvalue weighted by Crippen LogP contribution is 1.82. The summed E-state index contributed by atoms with van der Waals surface area (Å²) in [5.74, 6) is 0.343. The lowest BCUT2D eigenvalue weighted by molar-refractivity contribution is -0.118. The van der Waals surface area contributed by atoms with Gasteiger partial charge >= 0.3 is 0 Å². The third-order valence-electron chi connectivity index (χ3n) is 0.789. The minimum atomic E-state index is 0. The summed E-state index contributed by atoms with van der Waals surface area (Å²) in [6.45, 7) is 3.76. The van der Waals surface area contributed by atoms with E-state index in [-0.39, 0.29) is 37.2 Å². The summed E-state index contributed by atoms with van der Waals surface area (Å²) in [5, 5.41) is 0. The Bertz CT molecular complexity index is 50.2. The number of hydrogen-bond acceptors (Lipinski definition) is 1. The second-order valence-corrected chi connectivity index (χ2v) is 1.25. The molecule has 0 saturated heterocycles. The molecule has 0 bridgehead atoms. The Labute approximate surface area is 74.8 Å². The first-order chi connectivity index (χ1) is 2.81. The highest BCUT2D eigenvalue weighted by molar-refractivity contribution is 5.86. The van der Waals surface area contributed by atoms with Gasteiger partial charge in [0.2, 0.25) is 0 Å². The first kappa shape index (κ1) is 22.7. The zero-order valence-corrected chi connectivity index (χ0v) is 8.00. The van der Waals surface area contributed by atoms with Gasteiger partial charge in [0.15, 0.2) is 0 Å². The Morgan fingerprint density at radius 3 is 1.22 bits per heavy atom. The molecule has 0 aliphatic rings. The topological polar surface area (TPSA) is 17.1 Å². The van der Waals surface area contributed by atoms with Crippen LogP contribution in [0.5, 0.6) is 0 Å². The first-order valence-electron chi connectivity index (χ1n) is 2.33. The van der Waals surface area contributed by atoms with Crippen molar-refractivity contribution in [1.29, 1.82) is 0 Å². The molecule has 0 radical (unpaired) electrons. The van der Waals surface area contributed by atoms with Crippen LogP contribution in [-0.2, 0) is 4.79 Å². The Kier molecular flexibility index (Phi) is 39.8. The highest BCUT2D eigenvalue weighted by Gasteiger charge is 1.86. The molecule has 0 spiro atoms. The zero-order valence-electron chi connectivity index (χ0n) is 5.55. The number of carbonyl (C=O) groups is 1. The van der Waals surface area contributed by atoms with Crippen LogP contribution in [0.3, 0.4) is 0 Å². The monoisotopic (exact) mass is 194 g/mol. The fraction of sp³-hybridized carbons (Fsp3) is 0.800. The maximum atomic E-state index is 10.2. The van der Waals surface area contributed by atoms with Crippen LogP contribution in [0.4, 0.5) is 0 Å². The van der Waals surface area contributed by atoms with E-state index in [4.69, 9.17) is 0 Å². The predicted molar refractivity (Wildman–Crippen MR) is 47.3 cm³/mol. The van der Waals surface area contributed by atoms with E-state index >= 15 is 0 Å². The molecule has 0 aromatic heterocycles. The van der Waals surface area contributed by atoms with Gasteiger partial charge in [0, 0.05) is 12.8 Å². The van der Waals surface area contributed by atoms with E-state index < -0.39 is 0 Å². The van der Waals surface area contributed by atoms with E-state index in [9.17, 15) is 4.79 Å². The van der Waals surface area contributed by atoms with Gasteiger partial charge in [0.1, 0.15) is 5.78 Å². The Hall–Kier alpha value is 0.540. The lowest BCUT2D eigenvalue weighted by Crippen LogP contribution is -1.88. The van der Waals surface area contributed by atoms with Crippen LogP contribution in [0.1, 0.15) is 26.7 Å². The van der Waals surface area contributed by atoms with Gasteiger partial charge in [-0.1, -0.05) is 13.8 Å². The average Bonchev–Trinajstić information content (AvgIpc) is 1.65. The molecular weight excluding hydrogens is 182 g/mol. The summed E-state index contributed by atoms with van der Waals surface area (Å²) in [4.78, 5) is 10.2. The van der Waals surface area contributed by atoms with Crippen molar-refractivity contribution in [3.63, 3.8) is 0 Å². The summed E-state index contributed by atoms with van der Waals surface area (Å²) < 4.78 is 0. The molecule has 0 heterocycles. The first-order valence-corrected chi connectivity index (χ1v) is 2.33. The van der Waals surface area contributed by atoms with Crippen LogP contribution in [0, 0.1) is 0 Å². The van der Waals surface area contributed by atoms with Crippen molar-refractivity contribution in [2.24, 2.45) is 0 Å². The Morgan fingerprint density at radius 1 is 1.00 bits per heavy atom. The van der Waals surface area contributed by atoms with Gasteiger partial charge in [0.25, 0.3) is 0 Å². The largest absolute Gasteiger partial charge is 0.300 e. The number of rotatable bonds is 2. The van der Waals surface area contributed by atoms with Crippen LogP contribution in [0.15, 0.2) is 0 Å². The molecule has 0 aromatic rings. The SMILES string of the molecule is CCC(=O)CC.Cl.Cl.Cl. The molecule has 0 aliphatic heterocycles. The van der Waals surface area contributed by atoms with E-state index in [0.717, 1.165) is 0 Å². The molecular formula is C5H13Cl3O. The van der Waals surface area contributed by atoms with Crippen LogP contribution >= 0.6 is 37.2 Å². The molecule has 0 aliphatic carbocycles. The Balaban J connectivity index is -0.0000000417. The van der Waals surface area contributed by atoms with Gasteiger partial charge in [-0.3, -0.25) is 4.79 Å². The summed E-state index contributed by atoms with van der Waals surface area (Å²) in [6.07, 6.45) is 1.38. The Morgan fingerprint density at radius 2 is 1.22 bits per heavy atom. The fourth-order valence-electron chi connectivity index (χ4n) is 0.250. The molecule has 9 heavy (non-hydrogen) atoms. The van der Waals surface area contributed by atoms with Crippen LogP contribution in [0.25, 0.3) is 0 Å². The molecule has 0 amide bonds. The summed E-state index contributed by atoms with van der Waals surface area (Å²) in [7, 11) is 0. The van der Waals surface area contributed by atoms with Gasteiger partial charge in [-0.25, -0.2) is 0 Å². The highest BCUT2D eigenvalue weighted by atomic mass is 35.5.